The molecular formula is C48H31NOS. The highest BCUT2D eigenvalue weighted by Gasteiger charge is 2.22. The Morgan fingerprint density at radius 2 is 0.941 bits per heavy atom. The van der Waals surface area contributed by atoms with Crippen molar-refractivity contribution in [1.29, 1.82) is 0 Å². The Labute approximate surface area is 300 Å². The fraction of sp³-hybridized carbons (Fsp3) is 0. The molecule has 10 rings (SSSR count). The molecule has 10 aromatic rings. The van der Waals surface area contributed by atoms with E-state index in [2.05, 4.69) is 193 Å². The Morgan fingerprint density at radius 3 is 1.67 bits per heavy atom. The minimum absolute atomic E-state index is 0.879. The second kappa shape index (κ2) is 12.2. The molecule has 0 aliphatic carbocycles. The standard InChI is InChI=1S/C48H31NOS/c1-4-12-32(13-5-1)34-20-23-37(24-21-34)49(38-25-29-45-42(31-38)41-30-36(22-28-44(41)50-45)33-14-6-2-7-15-33)43-27-26-39(35-16-8-3-9-17-35)47-40-18-10-11-19-46(40)51-48(43)47/h1-31H. The van der Waals surface area contributed by atoms with Crippen LogP contribution in [-0.4, -0.2) is 0 Å². The lowest BCUT2D eigenvalue weighted by molar-refractivity contribution is 0.669. The molecule has 0 aliphatic heterocycles. The lowest BCUT2D eigenvalue weighted by atomic mass is 9.98. The largest absolute Gasteiger partial charge is 0.456 e. The van der Waals surface area contributed by atoms with Crippen molar-refractivity contribution in [3.8, 4) is 33.4 Å². The summed E-state index contributed by atoms with van der Waals surface area (Å²) >= 11 is 1.86. The zero-order valence-corrected chi connectivity index (χ0v) is 28.5. The number of nitrogens with zero attached hydrogens (tertiary/aromatic N) is 1. The number of rotatable bonds is 6. The Balaban J connectivity index is 1.21. The van der Waals surface area contributed by atoms with Gasteiger partial charge in [0.05, 0.1) is 10.4 Å². The Bertz CT molecular complexity index is 2840. The predicted octanol–water partition coefficient (Wildman–Crippen LogP) is 14.4. The Kier molecular flexibility index (Phi) is 7.04. The highest BCUT2D eigenvalue weighted by Crippen LogP contribution is 2.49. The molecule has 0 radical (unpaired) electrons. The van der Waals surface area contributed by atoms with Crippen LogP contribution in [0.25, 0.3) is 75.5 Å². The third-order valence-corrected chi connectivity index (χ3v) is 11.1. The van der Waals surface area contributed by atoms with Crippen LogP contribution in [0.15, 0.2) is 192 Å². The summed E-state index contributed by atoms with van der Waals surface area (Å²) in [7, 11) is 0. The topological polar surface area (TPSA) is 16.4 Å². The van der Waals surface area contributed by atoms with Crippen LogP contribution in [-0.2, 0) is 0 Å². The number of benzene rings is 8. The number of hydrogen-bond acceptors (Lipinski definition) is 3. The maximum Gasteiger partial charge on any atom is 0.135 e. The predicted molar refractivity (Wildman–Crippen MR) is 218 cm³/mol. The normalized spacial score (nSPS) is 11.5. The average Bonchev–Trinajstić information content (AvgIpc) is 3.78. The van der Waals surface area contributed by atoms with Crippen molar-refractivity contribution in [1.82, 2.24) is 0 Å². The highest BCUT2D eigenvalue weighted by atomic mass is 32.1. The van der Waals surface area contributed by atoms with Crippen molar-refractivity contribution in [2.75, 3.05) is 4.90 Å². The SMILES string of the molecule is c1ccc(-c2ccc(N(c3ccc4oc5ccc(-c6ccccc6)cc5c4c3)c3ccc(-c4ccccc4)c4c3sc3ccccc34)cc2)cc1. The van der Waals surface area contributed by atoms with Gasteiger partial charge in [-0.05, 0) is 88.0 Å². The van der Waals surface area contributed by atoms with Gasteiger partial charge in [-0.2, -0.15) is 0 Å². The molecule has 0 aliphatic rings. The van der Waals surface area contributed by atoms with Gasteiger partial charge in [0.25, 0.3) is 0 Å². The van der Waals surface area contributed by atoms with Gasteiger partial charge < -0.3 is 9.32 Å². The molecule has 2 aromatic heterocycles. The van der Waals surface area contributed by atoms with Gasteiger partial charge in [0.15, 0.2) is 0 Å². The fourth-order valence-corrected chi connectivity index (χ4v) is 8.66. The Morgan fingerprint density at radius 1 is 0.392 bits per heavy atom. The lowest BCUT2D eigenvalue weighted by Crippen LogP contribution is -2.10. The van der Waals surface area contributed by atoms with Crippen LogP contribution in [0.2, 0.25) is 0 Å². The molecule has 0 saturated carbocycles. The van der Waals surface area contributed by atoms with Crippen molar-refractivity contribution < 1.29 is 4.42 Å². The summed E-state index contributed by atoms with van der Waals surface area (Å²) in [6.07, 6.45) is 0. The van der Waals surface area contributed by atoms with Gasteiger partial charge in [-0.25, -0.2) is 0 Å². The first-order valence-electron chi connectivity index (χ1n) is 17.3. The molecule has 0 unspecified atom stereocenters. The monoisotopic (exact) mass is 669 g/mol. The average molecular weight is 670 g/mol. The zero-order valence-electron chi connectivity index (χ0n) is 27.7. The molecule has 0 saturated heterocycles. The summed E-state index contributed by atoms with van der Waals surface area (Å²) in [6.45, 7) is 0. The van der Waals surface area contributed by atoms with E-state index in [1.807, 2.05) is 11.3 Å². The van der Waals surface area contributed by atoms with E-state index in [-0.39, 0.29) is 0 Å². The third kappa shape index (κ3) is 5.10. The molecular weight excluding hydrogens is 639 g/mol. The second-order valence-corrected chi connectivity index (χ2v) is 14.0. The smallest absolute Gasteiger partial charge is 0.135 e. The quantitative estimate of drug-likeness (QED) is 0.175. The maximum atomic E-state index is 6.41. The van der Waals surface area contributed by atoms with Gasteiger partial charge in [0.1, 0.15) is 11.2 Å². The minimum atomic E-state index is 0.879. The number of furan rings is 1. The third-order valence-electron chi connectivity index (χ3n) is 9.88. The molecule has 0 bridgehead atoms. The fourth-order valence-electron chi connectivity index (χ4n) is 7.42. The number of anilines is 3. The van der Waals surface area contributed by atoms with E-state index in [0.717, 1.165) is 39.0 Å². The molecule has 0 N–H and O–H groups in total. The van der Waals surface area contributed by atoms with Crippen LogP contribution in [0, 0.1) is 0 Å². The highest BCUT2D eigenvalue weighted by molar-refractivity contribution is 7.26. The summed E-state index contributed by atoms with van der Waals surface area (Å²) in [6, 6.07) is 67.4. The number of hydrogen-bond donors (Lipinski definition) is 0. The van der Waals surface area contributed by atoms with Crippen molar-refractivity contribution in [2.45, 2.75) is 0 Å². The van der Waals surface area contributed by atoms with E-state index in [1.54, 1.807) is 0 Å². The molecule has 0 amide bonds. The van der Waals surface area contributed by atoms with Crippen molar-refractivity contribution in [3.05, 3.63) is 188 Å². The van der Waals surface area contributed by atoms with Crippen molar-refractivity contribution >= 4 is 70.5 Å². The molecule has 8 aromatic carbocycles. The molecule has 0 atom stereocenters. The summed E-state index contributed by atoms with van der Waals surface area (Å²) in [4.78, 5) is 2.42. The van der Waals surface area contributed by atoms with E-state index in [0.29, 0.717) is 0 Å². The molecule has 3 heteroatoms. The summed E-state index contributed by atoms with van der Waals surface area (Å²) in [5.74, 6) is 0. The van der Waals surface area contributed by atoms with Crippen molar-refractivity contribution in [3.63, 3.8) is 0 Å². The van der Waals surface area contributed by atoms with Crippen LogP contribution in [0.3, 0.4) is 0 Å². The van der Waals surface area contributed by atoms with Gasteiger partial charge >= 0.3 is 0 Å². The van der Waals surface area contributed by atoms with Crippen molar-refractivity contribution in [2.24, 2.45) is 0 Å². The molecule has 0 fully saturated rings. The van der Waals surface area contributed by atoms with E-state index in [1.165, 1.54) is 53.6 Å². The minimum Gasteiger partial charge on any atom is -0.456 e. The van der Waals surface area contributed by atoms with Crippen LogP contribution >= 0.6 is 11.3 Å². The molecule has 2 heterocycles. The summed E-state index contributed by atoms with van der Waals surface area (Å²) < 4.78 is 8.95. The summed E-state index contributed by atoms with van der Waals surface area (Å²) in [5, 5.41) is 4.77. The van der Waals surface area contributed by atoms with Crippen LogP contribution in [0.4, 0.5) is 17.1 Å². The number of fused-ring (bicyclic) bond motifs is 6. The lowest BCUT2D eigenvalue weighted by Gasteiger charge is -2.27. The molecule has 0 spiro atoms. The molecule has 240 valence electrons. The van der Waals surface area contributed by atoms with Gasteiger partial charge in [0.2, 0.25) is 0 Å². The first kappa shape index (κ1) is 29.5. The van der Waals surface area contributed by atoms with Gasteiger partial charge in [-0.15, -0.1) is 11.3 Å². The van der Waals surface area contributed by atoms with E-state index in [4.69, 9.17) is 4.42 Å². The first-order valence-corrected chi connectivity index (χ1v) is 18.1. The van der Waals surface area contributed by atoms with Crippen LogP contribution in [0.5, 0.6) is 0 Å². The summed E-state index contributed by atoms with van der Waals surface area (Å²) in [5.41, 5.74) is 12.3. The van der Waals surface area contributed by atoms with E-state index < -0.39 is 0 Å². The van der Waals surface area contributed by atoms with Gasteiger partial charge in [0, 0.05) is 37.6 Å². The van der Waals surface area contributed by atoms with E-state index >= 15 is 0 Å². The van der Waals surface area contributed by atoms with E-state index in [9.17, 15) is 0 Å². The van der Waals surface area contributed by atoms with Gasteiger partial charge in [-0.3, -0.25) is 0 Å². The van der Waals surface area contributed by atoms with Crippen LogP contribution in [0.1, 0.15) is 0 Å². The Hall–Kier alpha value is -6.42. The van der Waals surface area contributed by atoms with Crippen LogP contribution < -0.4 is 4.90 Å². The number of thiophene rings is 1. The molecule has 2 nitrogen and oxygen atoms in total. The first-order chi connectivity index (χ1) is 25.3. The molecule has 51 heavy (non-hydrogen) atoms. The zero-order chi connectivity index (χ0) is 33.7. The van der Waals surface area contributed by atoms with Gasteiger partial charge in [-0.1, -0.05) is 133 Å². The second-order valence-electron chi connectivity index (χ2n) is 12.9. The maximum absolute atomic E-state index is 6.41.